The summed E-state index contributed by atoms with van der Waals surface area (Å²) in [5.74, 6) is 0.00653. The van der Waals surface area contributed by atoms with Crippen LogP contribution in [-0.4, -0.2) is 18.0 Å². The number of unbranched alkanes of at least 4 members (excludes halogenated alkanes) is 1. The molecule has 3 N–H and O–H groups in total. The van der Waals surface area contributed by atoms with E-state index in [9.17, 15) is 4.79 Å². The summed E-state index contributed by atoms with van der Waals surface area (Å²) < 4.78 is 0. The SMILES string of the molecule is CCCCC(CCC)NC(=O)[C@H](N)CC. The number of nitrogens with one attached hydrogen (secondary N) is 1. The highest BCUT2D eigenvalue weighted by molar-refractivity contribution is 5.81. The molecule has 3 nitrogen and oxygen atoms in total. The van der Waals surface area contributed by atoms with Gasteiger partial charge in [-0.25, -0.2) is 0 Å². The van der Waals surface area contributed by atoms with Crippen molar-refractivity contribution in [3.63, 3.8) is 0 Å². The Hall–Kier alpha value is -0.570. The van der Waals surface area contributed by atoms with E-state index in [1.807, 2.05) is 6.92 Å². The maximum absolute atomic E-state index is 11.6. The van der Waals surface area contributed by atoms with Gasteiger partial charge in [0.2, 0.25) is 5.91 Å². The van der Waals surface area contributed by atoms with E-state index in [0.717, 1.165) is 19.3 Å². The van der Waals surface area contributed by atoms with E-state index in [4.69, 9.17) is 5.73 Å². The molecule has 15 heavy (non-hydrogen) atoms. The zero-order valence-corrected chi connectivity index (χ0v) is 10.4. The maximum atomic E-state index is 11.6. The first-order valence-electron chi connectivity index (χ1n) is 6.21. The first-order valence-corrected chi connectivity index (χ1v) is 6.21. The van der Waals surface area contributed by atoms with Crippen LogP contribution in [0.3, 0.4) is 0 Å². The van der Waals surface area contributed by atoms with E-state index in [0.29, 0.717) is 12.5 Å². The molecule has 3 heteroatoms. The molecule has 0 aromatic carbocycles. The molecule has 0 fully saturated rings. The van der Waals surface area contributed by atoms with Gasteiger partial charge in [-0.15, -0.1) is 0 Å². The van der Waals surface area contributed by atoms with Crippen LogP contribution in [0.2, 0.25) is 0 Å². The van der Waals surface area contributed by atoms with Crippen LogP contribution < -0.4 is 11.1 Å². The second-order valence-corrected chi connectivity index (χ2v) is 4.15. The number of carbonyl (C=O) groups excluding carboxylic acids is 1. The number of hydrogen-bond acceptors (Lipinski definition) is 2. The fourth-order valence-electron chi connectivity index (χ4n) is 1.58. The van der Waals surface area contributed by atoms with Crippen molar-refractivity contribution in [3.8, 4) is 0 Å². The summed E-state index contributed by atoms with van der Waals surface area (Å²) in [6.45, 7) is 6.25. The van der Waals surface area contributed by atoms with Crippen LogP contribution in [0.1, 0.15) is 59.3 Å². The Morgan fingerprint density at radius 1 is 1.20 bits per heavy atom. The predicted octanol–water partition coefficient (Wildman–Crippen LogP) is 2.20. The summed E-state index contributed by atoms with van der Waals surface area (Å²) in [6.07, 6.45) is 6.30. The van der Waals surface area contributed by atoms with Crippen molar-refractivity contribution in [2.75, 3.05) is 0 Å². The molecule has 0 saturated heterocycles. The minimum absolute atomic E-state index is 0.00653. The van der Waals surface area contributed by atoms with Gasteiger partial charge in [-0.3, -0.25) is 4.79 Å². The van der Waals surface area contributed by atoms with Crippen LogP contribution >= 0.6 is 0 Å². The molecule has 1 unspecified atom stereocenters. The standard InChI is InChI=1S/C12H26N2O/c1-4-7-9-10(8-5-2)14-12(15)11(13)6-3/h10-11H,4-9,13H2,1-3H3,(H,14,15)/t10?,11-/m1/s1. The van der Waals surface area contributed by atoms with Gasteiger partial charge in [0.05, 0.1) is 6.04 Å². The number of nitrogens with two attached hydrogens (primary N) is 1. The van der Waals surface area contributed by atoms with E-state index < -0.39 is 0 Å². The number of hydrogen-bond donors (Lipinski definition) is 2. The molecule has 0 spiro atoms. The van der Waals surface area contributed by atoms with Gasteiger partial charge >= 0.3 is 0 Å². The van der Waals surface area contributed by atoms with Gasteiger partial charge in [-0.05, 0) is 19.3 Å². The second-order valence-electron chi connectivity index (χ2n) is 4.15. The van der Waals surface area contributed by atoms with E-state index in [2.05, 4.69) is 19.2 Å². The third kappa shape index (κ3) is 6.50. The highest BCUT2D eigenvalue weighted by atomic mass is 16.2. The van der Waals surface area contributed by atoms with Crippen LogP contribution in [0.15, 0.2) is 0 Å². The Morgan fingerprint density at radius 3 is 2.33 bits per heavy atom. The Balaban J connectivity index is 3.97. The third-order valence-corrected chi connectivity index (χ3v) is 2.67. The van der Waals surface area contributed by atoms with E-state index in [1.54, 1.807) is 0 Å². The predicted molar refractivity (Wildman–Crippen MR) is 64.6 cm³/mol. The van der Waals surface area contributed by atoms with Gasteiger partial charge in [0.15, 0.2) is 0 Å². The summed E-state index contributed by atoms with van der Waals surface area (Å²) in [4.78, 5) is 11.6. The fraction of sp³-hybridized carbons (Fsp3) is 0.917. The van der Waals surface area contributed by atoms with E-state index >= 15 is 0 Å². The van der Waals surface area contributed by atoms with Crippen molar-refractivity contribution >= 4 is 5.91 Å². The lowest BCUT2D eigenvalue weighted by molar-refractivity contribution is -0.123. The summed E-state index contributed by atoms with van der Waals surface area (Å²) in [5.41, 5.74) is 5.68. The van der Waals surface area contributed by atoms with Crippen LogP contribution in [0, 0.1) is 0 Å². The Bertz CT molecular complexity index is 171. The molecule has 0 rings (SSSR count). The molecule has 0 aliphatic rings. The van der Waals surface area contributed by atoms with Gasteiger partial charge in [-0.1, -0.05) is 40.0 Å². The first-order chi connectivity index (χ1) is 7.15. The lowest BCUT2D eigenvalue weighted by Crippen LogP contribution is -2.45. The molecule has 0 aromatic heterocycles. The largest absolute Gasteiger partial charge is 0.352 e. The summed E-state index contributed by atoms with van der Waals surface area (Å²) in [6, 6.07) is -0.0222. The summed E-state index contributed by atoms with van der Waals surface area (Å²) >= 11 is 0. The van der Waals surface area contributed by atoms with Gasteiger partial charge in [0.25, 0.3) is 0 Å². The van der Waals surface area contributed by atoms with Crippen molar-refractivity contribution in [3.05, 3.63) is 0 Å². The molecule has 1 amide bonds. The fourth-order valence-corrected chi connectivity index (χ4v) is 1.58. The number of amides is 1. The molecule has 0 aliphatic carbocycles. The highest BCUT2D eigenvalue weighted by Crippen LogP contribution is 2.07. The normalized spacial score (nSPS) is 14.7. The van der Waals surface area contributed by atoms with Gasteiger partial charge in [-0.2, -0.15) is 0 Å². The lowest BCUT2D eigenvalue weighted by Gasteiger charge is -2.19. The molecule has 0 aromatic rings. The van der Waals surface area contributed by atoms with Crippen LogP contribution in [0.5, 0.6) is 0 Å². The van der Waals surface area contributed by atoms with E-state index in [1.165, 1.54) is 12.8 Å². The highest BCUT2D eigenvalue weighted by Gasteiger charge is 2.15. The maximum Gasteiger partial charge on any atom is 0.237 e. The molecular weight excluding hydrogens is 188 g/mol. The smallest absolute Gasteiger partial charge is 0.237 e. The van der Waals surface area contributed by atoms with Crippen LogP contribution in [0.25, 0.3) is 0 Å². The third-order valence-electron chi connectivity index (χ3n) is 2.67. The molecule has 0 aliphatic heterocycles. The summed E-state index contributed by atoms with van der Waals surface area (Å²) in [7, 11) is 0. The monoisotopic (exact) mass is 214 g/mol. The van der Waals surface area contributed by atoms with Crippen molar-refractivity contribution in [2.45, 2.75) is 71.4 Å². The molecule has 0 bridgehead atoms. The Kier molecular flexibility index (Phi) is 8.38. The van der Waals surface area contributed by atoms with Crippen LogP contribution in [0.4, 0.5) is 0 Å². The molecule has 0 heterocycles. The van der Waals surface area contributed by atoms with Crippen molar-refractivity contribution in [1.82, 2.24) is 5.32 Å². The number of carbonyl (C=O) groups is 1. The Morgan fingerprint density at radius 2 is 1.87 bits per heavy atom. The Labute approximate surface area is 93.8 Å². The zero-order chi connectivity index (χ0) is 11.7. The molecule has 90 valence electrons. The van der Waals surface area contributed by atoms with E-state index in [-0.39, 0.29) is 11.9 Å². The zero-order valence-electron chi connectivity index (χ0n) is 10.4. The topological polar surface area (TPSA) is 55.1 Å². The van der Waals surface area contributed by atoms with Gasteiger partial charge < -0.3 is 11.1 Å². The van der Waals surface area contributed by atoms with Gasteiger partial charge in [0, 0.05) is 6.04 Å². The quantitative estimate of drug-likeness (QED) is 0.651. The molecule has 2 atom stereocenters. The van der Waals surface area contributed by atoms with Crippen molar-refractivity contribution in [1.29, 1.82) is 0 Å². The second kappa shape index (κ2) is 8.72. The average Bonchev–Trinajstić information content (AvgIpc) is 2.24. The average molecular weight is 214 g/mol. The minimum atomic E-state index is -0.342. The lowest BCUT2D eigenvalue weighted by atomic mass is 10.0. The molecule has 0 saturated carbocycles. The number of rotatable bonds is 8. The van der Waals surface area contributed by atoms with Gasteiger partial charge in [0.1, 0.15) is 0 Å². The van der Waals surface area contributed by atoms with Crippen molar-refractivity contribution < 1.29 is 4.79 Å². The van der Waals surface area contributed by atoms with Crippen LogP contribution in [-0.2, 0) is 4.79 Å². The molecule has 0 radical (unpaired) electrons. The minimum Gasteiger partial charge on any atom is -0.352 e. The van der Waals surface area contributed by atoms with Crippen molar-refractivity contribution in [2.24, 2.45) is 5.73 Å². The first kappa shape index (κ1) is 14.4. The summed E-state index contributed by atoms with van der Waals surface area (Å²) in [5, 5.41) is 3.04. The molecular formula is C12H26N2O.